The van der Waals surface area contributed by atoms with Gasteiger partial charge in [0.1, 0.15) is 6.10 Å². The van der Waals surface area contributed by atoms with E-state index >= 15 is 0 Å². The van der Waals surface area contributed by atoms with Crippen molar-refractivity contribution in [1.29, 1.82) is 0 Å². The molecule has 0 bridgehead atoms. The van der Waals surface area contributed by atoms with Gasteiger partial charge in [0.05, 0.1) is 6.10 Å². The number of aliphatic hydroxyl groups excluding tert-OH is 1. The van der Waals surface area contributed by atoms with Crippen LogP contribution in [-0.2, 0) is 27.1 Å². The van der Waals surface area contributed by atoms with Crippen LogP contribution in [0.5, 0.6) is 0 Å². The molecule has 3 heterocycles. The first-order valence-electron chi connectivity index (χ1n) is 7.96. The summed E-state index contributed by atoms with van der Waals surface area (Å²) in [6, 6.07) is 0. The van der Waals surface area contributed by atoms with Crippen LogP contribution in [0.25, 0.3) is 11.2 Å². The Hall–Kier alpha value is -1.81. The zero-order valence-corrected chi connectivity index (χ0v) is 17.7. The van der Waals surface area contributed by atoms with Crippen molar-refractivity contribution in [3.05, 3.63) is 11.9 Å². The lowest BCUT2D eigenvalue weighted by Gasteiger charge is -2.15. The van der Waals surface area contributed by atoms with Crippen LogP contribution < -0.4 is 11.5 Å². The average molecular weight is 503 g/mol. The topological polar surface area (TPSA) is 289 Å². The van der Waals surface area contributed by atoms with Crippen LogP contribution in [0.2, 0.25) is 0 Å². The third-order valence-corrected chi connectivity index (χ3v) is 7.63. The number of nitrogens with two attached hydrogens (primary N) is 2. The van der Waals surface area contributed by atoms with Crippen LogP contribution in [0.15, 0.2) is 11.9 Å². The highest BCUT2D eigenvalue weighted by Crippen LogP contribution is 2.66. The lowest BCUT2D eigenvalue weighted by molar-refractivity contribution is -0.0313. The van der Waals surface area contributed by atoms with Gasteiger partial charge < -0.3 is 40.9 Å². The van der Waals surface area contributed by atoms with Crippen molar-refractivity contribution in [1.82, 2.24) is 25.0 Å². The Morgan fingerprint density at radius 3 is 2.45 bits per heavy atom. The van der Waals surface area contributed by atoms with Gasteiger partial charge in [-0.05, 0) is 6.08 Å². The summed E-state index contributed by atoms with van der Waals surface area (Å²) in [6.45, 7) is 0. The SMILES string of the molecule is Nc1nc(N)c2nnn([C@@H]3O[C@H](/C=C/P(=O)(O)OP(=O)(O)OP(=O)(O)O)C[C@H]3O)c2n1. The molecule has 21 heteroatoms. The van der Waals surface area contributed by atoms with Gasteiger partial charge in [0.25, 0.3) is 0 Å². The fraction of sp³-hybridized carbons (Fsp3) is 0.400. The number of phosphoric acid groups is 2. The minimum absolute atomic E-state index is 0.0537. The molecule has 31 heavy (non-hydrogen) atoms. The Labute approximate surface area is 171 Å². The summed E-state index contributed by atoms with van der Waals surface area (Å²) in [5.74, 6) is 0.194. The molecule has 2 aromatic rings. The van der Waals surface area contributed by atoms with Crippen LogP contribution in [0.3, 0.4) is 0 Å². The summed E-state index contributed by atoms with van der Waals surface area (Å²) in [4.78, 5) is 43.5. The Kier molecular flexibility index (Phi) is 6.36. The fourth-order valence-electron chi connectivity index (χ4n) is 2.59. The number of hydrogen-bond acceptors (Lipinski definition) is 13. The number of hydrogen-bond donors (Lipinski definition) is 7. The third kappa shape index (κ3) is 5.91. The largest absolute Gasteiger partial charge is 0.488 e. The zero-order valence-electron chi connectivity index (χ0n) is 15.0. The van der Waals surface area contributed by atoms with Gasteiger partial charge in [0.15, 0.2) is 23.2 Å². The Morgan fingerprint density at radius 2 is 1.81 bits per heavy atom. The predicted molar refractivity (Wildman–Crippen MR) is 99.5 cm³/mol. The van der Waals surface area contributed by atoms with Gasteiger partial charge in [-0.15, -0.1) is 5.10 Å². The van der Waals surface area contributed by atoms with Crippen molar-refractivity contribution in [3.8, 4) is 0 Å². The number of aliphatic hydroxyl groups is 1. The van der Waals surface area contributed by atoms with Gasteiger partial charge in [-0.1, -0.05) is 5.21 Å². The molecule has 0 saturated carbocycles. The molecule has 0 amide bonds. The van der Waals surface area contributed by atoms with Crippen LogP contribution >= 0.6 is 23.2 Å². The minimum atomic E-state index is -5.58. The molecule has 9 N–H and O–H groups in total. The van der Waals surface area contributed by atoms with Crippen molar-refractivity contribution < 1.29 is 51.7 Å². The van der Waals surface area contributed by atoms with E-state index in [9.17, 15) is 23.7 Å². The lowest BCUT2D eigenvalue weighted by Crippen LogP contribution is -2.21. The molecule has 172 valence electrons. The molecule has 5 atom stereocenters. The normalized spacial score (nSPS) is 26.3. The molecule has 1 aliphatic rings. The summed E-state index contributed by atoms with van der Waals surface area (Å²) in [6.07, 6.45) is -2.56. The molecule has 0 aliphatic carbocycles. The molecule has 1 aliphatic heterocycles. The predicted octanol–water partition coefficient (Wildman–Crippen LogP) is -1.04. The number of nitrogen functional groups attached to an aromatic ring is 2. The highest BCUT2D eigenvalue weighted by molar-refractivity contribution is 7.69. The van der Waals surface area contributed by atoms with Crippen LogP contribution in [0, 0.1) is 0 Å². The molecular weight excluding hydrogens is 487 g/mol. The molecule has 0 aromatic carbocycles. The maximum absolute atomic E-state index is 11.9. The summed E-state index contributed by atoms with van der Waals surface area (Å²) in [5, 5.41) is 17.8. The zero-order chi connectivity index (χ0) is 23.2. The number of ether oxygens (including phenoxy) is 1. The van der Waals surface area contributed by atoms with Crippen molar-refractivity contribution in [2.75, 3.05) is 11.5 Å². The van der Waals surface area contributed by atoms with Crippen molar-refractivity contribution in [2.45, 2.75) is 24.9 Å². The van der Waals surface area contributed by atoms with Crippen molar-refractivity contribution in [2.24, 2.45) is 0 Å². The second-order valence-electron chi connectivity index (χ2n) is 6.07. The average Bonchev–Trinajstić information content (AvgIpc) is 3.12. The summed E-state index contributed by atoms with van der Waals surface area (Å²) < 4.78 is 47.9. The maximum Gasteiger partial charge on any atom is 0.488 e. The van der Waals surface area contributed by atoms with E-state index in [4.69, 9.17) is 30.9 Å². The molecule has 1 saturated heterocycles. The van der Waals surface area contributed by atoms with E-state index in [2.05, 4.69) is 28.9 Å². The van der Waals surface area contributed by atoms with E-state index in [0.29, 0.717) is 5.82 Å². The summed E-state index contributed by atoms with van der Waals surface area (Å²) in [5.41, 5.74) is 11.4. The first-order valence-corrected chi connectivity index (χ1v) is 12.6. The van der Waals surface area contributed by atoms with E-state index in [-0.39, 0.29) is 29.4 Å². The van der Waals surface area contributed by atoms with E-state index in [1.165, 1.54) is 0 Å². The number of anilines is 2. The third-order valence-electron chi connectivity index (χ3n) is 3.65. The quantitative estimate of drug-likeness (QED) is 0.222. The molecule has 1 fully saturated rings. The van der Waals surface area contributed by atoms with Crippen LogP contribution in [-0.4, -0.2) is 61.8 Å². The Morgan fingerprint density at radius 1 is 1.13 bits per heavy atom. The van der Waals surface area contributed by atoms with E-state index < -0.39 is 41.7 Å². The standard InChI is InChI=1S/C10H16N7O11P3/c11-7-6-8(14-10(12)13-7)17(16-15-6)9-5(18)3-4(26-9)1-2-29(19,20)27-31(24,25)28-30(21,22)23/h1-2,4-5,9,18H,3H2,(H,19,20)(H,24,25)(H2,21,22,23)(H4,11,12,13,14)/b2-1+/t4-,5-,9-/m1/s1. The Balaban J connectivity index is 1.74. The number of fused-ring (bicyclic) bond motifs is 1. The number of aromatic nitrogens is 5. The first-order chi connectivity index (χ1) is 14.2. The molecule has 0 radical (unpaired) electrons. The monoisotopic (exact) mass is 503 g/mol. The highest BCUT2D eigenvalue weighted by Gasteiger charge is 2.40. The van der Waals surface area contributed by atoms with E-state index in [1.807, 2.05) is 0 Å². The van der Waals surface area contributed by atoms with Crippen molar-refractivity contribution >= 4 is 46.2 Å². The second kappa shape index (κ2) is 8.27. The van der Waals surface area contributed by atoms with Gasteiger partial charge in [0.2, 0.25) is 5.95 Å². The number of rotatable bonds is 7. The molecule has 3 rings (SSSR count). The minimum Gasteiger partial charge on any atom is -0.388 e. The molecule has 0 spiro atoms. The van der Waals surface area contributed by atoms with Crippen LogP contribution in [0.4, 0.5) is 11.8 Å². The van der Waals surface area contributed by atoms with Gasteiger partial charge in [-0.3, -0.25) is 4.57 Å². The Bertz CT molecular complexity index is 1160. The van der Waals surface area contributed by atoms with E-state index in [1.54, 1.807) is 0 Å². The smallest absolute Gasteiger partial charge is 0.388 e. The van der Waals surface area contributed by atoms with Gasteiger partial charge in [0, 0.05) is 12.2 Å². The van der Waals surface area contributed by atoms with E-state index in [0.717, 1.165) is 10.8 Å². The second-order valence-corrected chi connectivity index (χ2v) is 10.7. The summed E-state index contributed by atoms with van der Waals surface area (Å²) in [7, 11) is -16.1. The van der Waals surface area contributed by atoms with Crippen molar-refractivity contribution in [3.63, 3.8) is 0 Å². The molecule has 2 unspecified atom stereocenters. The lowest BCUT2D eigenvalue weighted by atomic mass is 10.2. The first kappa shape index (κ1) is 23.8. The number of nitrogens with zero attached hydrogens (tertiary/aromatic N) is 5. The van der Waals surface area contributed by atoms with Gasteiger partial charge in [-0.2, -0.15) is 19.0 Å². The molecule has 2 aromatic heterocycles. The highest BCUT2D eigenvalue weighted by atomic mass is 31.3. The maximum atomic E-state index is 11.9. The van der Waals surface area contributed by atoms with Gasteiger partial charge in [-0.25, -0.2) is 13.4 Å². The van der Waals surface area contributed by atoms with Gasteiger partial charge >= 0.3 is 23.2 Å². The summed E-state index contributed by atoms with van der Waals surface area (Å²) >= 11 is 0. The van der Waals surface area contributed by atoms with Crippen LogP contribution in [0.1, 0.15) is 12.6 Å². The molecular formula is C10H16N7O11P3. The molecule has 18 nitrogen and oxygen atoms in total. The fourth-order valence-corrected chi connectivity index (χ4v) is 5.87.